The monoisotopic (exact) mass is 579 g/mol. The third-order valence-electron chi connectivity index (χ3n) is 5.22. The molecular formula is C27H23Br2N3O2. The number of hydrazone groups is 1. The molecule has 7 heteroatoms. The van der Waals surface area contributed by atoms with E-state index in [0.717, 1.165) is 42.9 Å². The summed E-state index contributed by atoms with van der Waals surface area (Å²) >= 11 is 7.00. The van der Waals surface area contributed by atoms with Crippen LogP contribution in [0.3, 0.4) is 0 Å². The van der Waals surface area contributed by atoms with Crippen molar-refractivity contribution in [3.63, 3.8) is 0 Å². The number of rotatable bonds is 7. The first-order valence-electron chi connectivity index (χ1n) is 10.8. The summed E-state index contributed by atoms with van der Waals surface area (Å²) in [5, 5.41) is 4.10. The van der Waals surface area contributed by atoms with Crippen LogP contribution in [-0.4, -0.2) is 23.3 Å². The van der Waals surface area contributed by atoms with Gasteiger partial charge in [-0.25, -0.2) is 5.43 Å². The topological polar surface area (TPSA) is 55.6 Å². The maximum atomic E-state index is 12.6. The fraction of sp³-hybridized carbons (Fsp3) is 0.111. The minimum atomic E-state index is -0.278. The van der Waals surface area contributed by atoms with Gasteiger partial charge in [-0.05, 0) is 105 Å². The molecule has 1 amide bonds. The number of benzene rings is 3. The van der Waals surface area contributed by atoms with Gasteiger partial charge in [0.05, 0.1) is 27.5 Å². The number of carbonyl (C=O) groups excluding carboxylic acids is 1. The fourth-order valence-electron chi connectivity index (χ4n) is 3.64. The number of hydrogen-bond donors (Lipinski definition) is 1. The lowest BCUT2D eigenvalue weighted by Crippen LogP contribution is -2.17. The zero-order valence-corrected chi connectivity index (χ0v) is 21.9. The number of nitrogens with one attached hydrogen (secondary N) is 1. The SMILES string of the molecule is CCOc1c(Br)cc(C=NNC(=O)c2ccc(-n3c(C)ccc3-c3ccccc3)cc2)cc1Br. The molecule has 0 bridgehead atoms. The Balaban J connectivity index is 1.47. The van der Waals surface area contributed by atoms with Crippen molar-refractivity contribution in [1.82, 2.24) is 9.99 Å². The Kier molecular flexibility index (Phi) is 7.65. The van der Waals surface area contributed by atoms with Crippen molar-refractivity contribution in [2.45, 2.75) is 13.8 Å². The van der Waals surface area contributed by atoms with Crippen molar-refractivity contribution in [3.05, 3.63) is 105 Å². The highest BCUT2D eigenvalue weighted by Gasteiger charge is 2.11. The van der Waals surface area contributed by atoms with Crippen LogP contribution in [0.1, 0.15) is 28.5 Å². The van der Waals surface area contributed by atoms with Crippen LogP contribution in [0.4, 0.5) is 0 Å². The van der Waals surface area contributed by atoms with Crippen LogP contribution in [-0.2, 0) is 0 Å². The van der Waals surface area contributed by atoms with E-state index in [4.69, 9.17) is 4.74 Å². The summed E-state index contributed by atoms with van der Waals surface area (Å²) in [5.74, 6) is 0.455. The van der Waals surface area contributed by atoms with E-state index in [1.165, 1.54) is 0 Å². The molecule has 34 heavy (non-hydrogen) atoms. The molecule has 0 fully saturated rings. The van der Waals surface area contributed by atoms with Gasteiger partial charge < -0.3 is 9.30 Å². The Morgan fingerprint density at radius 1 is 1.00 bits per heavy atom. The van der Waals surface area contributed by atoms with Gasteiger partial charge in [-0.2, -0.15) is 5.10 Å². The van der Waals surface area contributed by atoms with E-state index >= 15 is 0 Å². The molecule has 0 aliphatic rings. The molecule has 0 unspecified atom stereocenters. The second-order valence-corrected chi connectivity index (χ2v) is 9.26. The number of carbonyl (C=O) groups is 1. The number of ether oxygens (including phenoxy) is 1. The number of hydrogen-bond acceptors (Lipinski definition) is 3. The highest BCUT2D eigenvalue weighted by atomic mass is 79.9. The third kappa shape index (κ3) is 5.32. The van der Waals surface area contributed by atoms with Crippen LogP contribution in [0.5, 0.6) is 5.75 Å². The van der Waals surface area contributed by atoms with E-state index in [1.54, 1.807) is 18.3 Å². The summed E-state index contributed by atoms with van der Waals surface area (Å²) < 4.78 is 9.38. The van der Waals surface area contributed by atoms with Gasteiger partial charge in [0.25, 0.3) is 5.91 Å². The van der Waals surface area contributed by atoms with E-state index in [1.807, 2.05) is 49.4 Å². The quantitative estimate of drug-likeness (QED) is 0.186. The Labute approximate surface area is 215 Å². The molecule has 4 rings (SSSR count). The summed E-state index contributed by atoms with van der Waals surface area (Å²) in [6.45, 7) is 4.56. The van der Waals surface area contributed by atoms with Gasteiger partial charge >= 0.3 is 0 Å². The van der Waals surface area contributed by atoms with E-state index in [9.17, 15) is 4.79 Å². The zero-order valence-electron chi connectivity index (χ0n) is 18.8. The standard InChI is InChI=1S/C27H23Br2N3O2/c1-3-34-26-23(28)15-19(16-24(26)29)17-30-31-27(33)21-10-12-22(13-11-21)32-18(2)9-14-25(32)20-7-5-4-6-8-20/h4-17H,3H2,1-2H3,(H,31,33). The maximum absolute atomic E-state index is 12.6. The molecular weight excluding hydrogens is 558 g/mol. The zero-order chi connectivity index (χ0) is 24.1. The number of aryl methyl sites for hydroxylation is 1. The van der Waals surface area contributed by atoms with Crippen molar-refractivity contribution < 1.29 is 9.53 Å². The summed E-state index contributed by atoms with van der Waals surface area (Å²) in [4.78, 5) is 12.6. The number of nitrogens with zero attached hydrogens (tertiary/aromatic N) is 2. The Morgan fingerprint density at radius 2 is 1.68 bits per heavy atom. The molecule has 4 aromatic rings. The summed E-state index contributed by atoms with van der Waals surface area (Å²) in [6, 6.07) is 25.7. The molecule has 1 aromatic heterocycles. The molecule has 5 nitrogen and oxygen atoms in total. The molecule has 0 atom stereocenters. The van der Waals surface area contributed by atoms with Crippen molar-refractivity contribution >= 4 is 44.0 Å². The number of aromatic nitrogens is 1. The van der Waals surface area contributed by atoms with Crippen molar-refractivity contribution in [3.8, 4) is 22.7 Å². The van der Waals surface area contributed by atoms with Gasteiger partial charge in [0.15, 0.2) is 0 Å². The molecule has 3 aromatic carbocycles. The summed E-state index contributed by atoms with van der Waals surface area (Å²) in [6.07, 6.45) is 1.59. The molecule has 1 heterocycles. The van der Waals surface area contributed by atoms with Crippen molar-refractivity contribution in [2.24, 2.45) is 5.10 Å². The van der Waals surface area contributed by atoms with Crippen LogP contribution >= 0.6 is 31.9 Å². The first kappa shape index (κ1) is 24.0. The maximum Gasteiger partial charge on any atom is 0.271 e. The third-order valence-corrected chi connectivity index (χ3v) is 6.40. The van der Waals surface area contributed by atoms with Crippen LogP contribution in [0.2, 0.25) is 0 Å². The van der Waals surface area contributed by atoms with E-state index in [0.29, 0.717) is 12.2 Å². The summed E-state index contributed by atoms with van der Waals surface area (Å²) in [5.41, 5.74) is 8.29. The highest BCUT2D eigenvalue weighted by molar-refractivity contribution is 9.11. The number of amides is 1. The second-order valence-electron chi connectivity index (χ2n) is 7.55. The Morgan fingerprint density at radius 3 is 2.32 bits per heavy atom. The first-order valence-corrected chi connectivity index (χ1v) is 12.4. The van der Waals surface area contributed by atoms with Crippen molar-refractivity contribution in [1.29, 1.82) is 0 Å². The predicted molar refractivity (Wildman–Crippen MR) is 144 cm³/mol. The molecule has 0 radical (unpaired) electrons. The molecule has 0 saturated heterocycles. The van der Waals surface area contributed by atoms with Gasteiger partial charge in [-0.1, -0.05) is 30.3 Å². The highest BCUT2D eigenvalue weighted by Crippen LogP contribution is 2.34. The largest absolute Gasteiger partial charge is 0.492 e. The van der Waals surface area contributed by atoms with E-state index < -0.39 is 0 Å². The van der Waals surface area contributed by atoms with E-state index in [-0.39, 0.29) is 5.91 Å². The first-order chi connectivity index (χ1) is 16.5. The Hall–Kier alpha value is -3.16. The normalized spacial score (nSPS) is 11.1. The minimum absolute atomic E-state index is 0.278. The van der Waals surface area contributed by atoms with Gasteiger partial charge in [0, 0.05) is 16.9 Å². The lowest BCUT2D eigenvalue weighted by atomic mass is 10.1. The van der Waals surface area contributed by atoms with Gasteiger partial charge in [0.1, 0.15) is 5.75 Å². The van der Waals surface area contributed by atoms with Crippen LogP contribution in [0.15, 0.2) is 92.9 Å². The van der Waals surface area contributed by atoms with E-state index in [2.05, 4.69) is 78.1 Å². The molecule has 0 spiro atoms. The average Bonchev–Trinajstić information content (AvgIpc) is 3.23. The lowest BCUT2D eigenvalue weighted by Gasteiger charge is -2.12. The van der Waals surface area contributed by atoms with Gasteiger partial charge in [-0.3, -0.25) is 4.79 Å². The van der Waals surface area contributed by atoms with Crippen LogP contribution in [0.25, 0.3) is 16.9 Å². The molecule has 1 N–H and O–H groups in total. The lowest BCUT2D eigenvalue weighted by molar-refractivity contribution is 0.0955. The summed E-state index contributed by atoms with van der Waals surface area (Å²) in [7, 11) is 0. The molecule has 172 valence electrons. The fourth-order valence-corrected chi connectivity index (χ4v) is 5.09. The molecule has 0 aliphatic carbocycles. The van der Waals surface area contributed by atoms with Gasteiger partial charge in [0.2, 0.25) is 0 Å². The van der Waals surface area contributed by atoms with Crippen molar-refractivity contribution in [2.75, 3.05) is 6.61 Å². The predicted octanol–water partition coefficient (Wildman–Crippen LogP) is 7.14. The van der Waals surface area contributed by atoms with Gasteiger partial charge in [-0.15, -0.1) is 0 Å². The smallest absolute Gasteiger partial charge is 0.271 e. The molecule has 0 saturated carbocycles. The molecule has 0 aliphatic heterocycles. The number of halogens is 2. The second kappa shape index (κ2) is 10.8. The minimum Gasteiger partial charge on any atom is -0.492 e. The Bertz CT molecular complexity index is 1310. The average molecular weight is 581 g/mol. The van der Waals surface area contributed by atoms with Crippen LogP contribution in [0, 0.1) is 6.92 Å². The van der Waals surface area contributed by atoms with Crippen LogP contribution < -0.4 is 10.2 Å².